The highest BCUT2D eigenvalue weighted by Crippen LogP contribution is 2.10. The molecule has 0 saturated carbocycles. The van der Waals surface area contributed by atoms with Crippen molar-refractivity contribution in [3.8, 4) is 0 Å². The van der Waals surface area contributed by atoms with E-state index < -0.39 is 0 Å². The van der Waals surface area contributed by atoms with Gasteiger partial charge in [-0.1, -0.05) is 23.7 Å². The minimum Gasteiger partial charge on any atom is -0.381 e. The Morgan fingerprint density at radius 2 is 1.92 bits per heavy atom. The van der Waals surface area contributed by atoms with E-state index in [1.807, 2.05) is 36.2 Å². The van der Waals surface area contributed by atoms with Crippen molar-refractivity contribution < 1.29 is 5.11 Å². The van der Waals surface area contributed by atoms with Crippen molar-refractivity contribution in [2.75, 3.05) is 13.8 Å². The van der Waals surface area contributed by atoms with Crippen molar-refractivity contribution in [3.63, 3.8) is 0 Å². The fourth-order valence-electron chi connectivity index (χ4n) is 0.951. The summed E-state index contributed by atoms with van der Waals surface area (Å²) in [6.07, 6.45) is 0. The van der Waals surface area contributed by atoms with Crippen LogP contribution in [0.4, 0.5) is 0 Å². The molecule has 0 unspecified atom stereocenters. The molecule has 0 spiro atoms. The highest BCUT2D eigenvalue weighted by Gasteiger charge is 1.97. The number of aliphatic hydroxyl groups excluding tert-OH is 1. The normalized spacial score (nSPS) is 10.7. The van der Waals surface area contributed by atoms with Gasteiger partial charge in [-0.05, 0) is 24.7 Å². The van der Waals surface area contributed by atoms with Crippen LogP contribution in [-0.4, -0.2) is 23.8 Å². The summed E-state index contributed by atoms with van der Waals surface area (Å²) in [4.78, 5) is 1.81. The fourth-order valence-corrected chi connectivity index (χ4v) is 1.08. The first-order valence-corrected chi connectivity index (χ1v) is 4.14. The van der Waals surface area contributed by atoms with Gasteiger partial charge in [0.25, 0.3) is 0 Å². The van der Waals surface area contributed by atoms with E-state index in [2.05, 4.69) is 0 Å². The molecule has 0 aliphatic rings. The average molecular weight is 186 g/mol. The van der Waals surface area contributed by atoms with Crippen LogP contribution >= 0.6 is 11.6 Å². The number of hydrogen-bond acceptors (Lipinski definition) is 2. The summed E-state index contributed by atoms with van der Waals surface area (Å²) in [5.41, 5.74) is 1.15. The van der Waals surface area contributed by atoms with Crippen LogP contribution in [0.1, 0.15) is 5.56 Å². The van der Waals surface area contributed by atoms with Crippen LogP contribution < -0.4 is 0 Å². The predicted octanol–water partition coefficient (Wildman–Crippen LogP) is 1.72. The highest BCUT2D eigenvalue weighted by molar-refractivity contribution is 6.30. The molecule has 0 heterocycles. The van der Waals surface area contributed by atoms with E-state index in [1.165, 1.54) is 0 Å². The summed E-state index contributed by atoms with van der Waals surface area (Å²) in [6.45, 7) is 0.816. The lowest BCUT2D eigenvalue weighted by Crippen LogP contribution is -2.18. The summed E-state index contributed by atoms with van der Waals surface area (Å²) < 4.78 is 0. The third kappa shape index (κ3) is 2.81. The smallest absolute Gasteiger partial charge is 0.0956 e. The van der Waals surface area contributed by atoms with Gasteiger partial charge in [0.15, 0.2) is 0 Å². The van der Waals surface area contributed by atoms with Crippen LogP contribution in [0, 0.1) is 0 Å². The molecule has 0 amide bonds. The molecular formula is C9H12ClNO. The van der Waals surface area contributed by atoms with Crippen LogP contribution in [-0.2, 0) is 6.54 Å². The molecule has 0 radical (unpaired) electrons. The van der Waals surface area contributed by atoms with Gasteiger partial charge in [-0.3, -0.25) is 4.90 Å². The summed E-state index contributed by atoms with van der Waals surface area (Å²) >= 11 is 5.72. The Balaban J connectivity index is 2.58. The van der Waals surface area contributed by atoms with Crippen molar-refractivity contribution in [3.05, 3.63) is 34.9 Å². The molecular weight excluding hydrogens is 174 g/mol. The van der Waals surface area contributed by atoms with E-state index in [0.717, 1.165) is 17.1 Å². The van der Waals surface area contributed by atoms with Crippen LogP contribution in [0.15, 0.2) is 24.3 Å². The summed E-state index contributed by atoms with van der Waals surface area (Å²) in [5, 5.41) is 9.49. The molecule has 0 bridgehead atoms. The van der Waals surface area contributed by atoms with Gasteiger partial charge in [-0.2, -0.15) is 0 Å². The monoisotopic (exact) mass is 185 g/mol. The fraction of sp³-hybridized carbons (Fsp3) is 0.333. The van der Waals surface area contributed by atoms with Gasteiger partial charge >= 0.3 is 0 Å². The molecule has 0 fully saturated rings. The third-order valence-corrected chi connectivity index (χ3v) is 1.86. The Labute approximate surface area is 77.4 Å². The molecule has 1 aromatic carbocycles. The van der Waals surface area contributed by atoms with Crippen LogP contribution in [0.25, 0.3) is 0 Å². The molecule has 0 aliphatic carbocycles. The van der Waals surface area contributed by atoms with E-state index in [0.29, 0.717) is 0 Å². The van der Waals surface area contributed by atoms with Gasteiger partial charge in [0.05, 0.1) is 6.73 Å². The molecule has 0 aromatic heterocycles. The molecule has 1 aromatic rings. The van der Waals surface area contributed by atoms with Gasteiger partial charge in [-0.25, -0.2) is 0 Å². The van der Waals surface area contributed by atoms with E-state index in [9.17, 15) is 0 Å². The number of halogens is 1. The summed E-state index contributed by atoms with van der Waals surface area (Å²) in [5.74, 6) is 0. The molecule has 2 nitrogen and oxygen atoms in total. The number of nitrogens with zero attached hydrogens (tertiary/aromatic N) is 1. The minimum atomic E-state index is 0.0721. The lowest BCUT2D eigenvalue weighted by Gasteiger charge is -2.12. The van der Waals surface area contributed by atoms with Gasteiger partial charge < -0.3 is 5.11 Å². The zero-order valence-corrected chi connectivity index (χ0v) is 7.75. The van der Waals surface area contributed by atoms with Crippen LogP contribution in [0.3, 0.4) is 0 Å². The second kappa shape index (κ2) is 4.45. The Kier molecular flexibility index (Phi) is 3.53. The Hall–Kier alpha value is -0.570. The van der Waals surface area contributed by atoms with Crippen LogP contribution in [0.2, 0.25) is 5.02 Å². The van der Waals surface area contributed by atoms with E-state index >= 15 is 0 Å². The molecule has 0 saturated heterocycles. The summed E-state index contributed by atoms with van der Waals surface area (Å²) in [6, 6.07) is 7.60. The second-order valence-electron chi connectivity index (χ2n) is 2.78. The topological polar surface area (TPSA) is 23.5 Å². The van der Waals surface area contributed by atoms with E-state index in [4.69, 9.17) is 16.7 Å². The molecule has 12 heavy (non-hydrogen) atoms. The van der Waals surface area contributed by atoms with Gasteiger partial charge in [0, 0.05) is 11.6 Å². The van der Waals surface area contributed by atoms with Crippen molar-refractivity contribution in [2.24, 2.45) is 0 Å². The first kappa shape index (κ1) is 9.52. The zero-order chi connectivity index (χ0) is 8.97. The highest BCUT2D eigenvalue weighted by atomic mass is 35.5. The molecule has 1 N–H and O–H groups in total. The first-order chi connectivity index (χ1) is 5.72. The van der Waals surface area contributed by atoms with Crippen molar-refractivity contribution in [2.45, 2.75) is 6.54 Å². The zero-order valence-electron chi connectivity index (χ0n) is 7.00. The van der Waals surface area contributed by atoms with Crippen molar-refractivity contribution >= 4 is 11.6 Å². The molecule has 66 valence electrons. The maximum Gasteiger partial charge on any atom is 0.0956 e. The number of benzene rings is 1. The van der Waals surface area contributed by atoms with E-state index in [-0.39, 0.29) is 6.73 Å². The van der Waals surface area contributed by atoms with Crippen molar-refractivity contribution in [1.82, 2.24) is 4.90 Å². The van der Waals surface area contributed by atoms with Crippen molar-refractivity contribution in [1.29, 1.82) is 0 Å². The molecule has 0 atom stereocenters. The largest absolute Gasteiger partial charge is 0.381 e. The maximum absolute atomic E-state index is 8.75. The third-order valence-electron chi connectivity index (χ3n) is 1.61. The lowest BCUT2D eigenvalue weighted by molar-refractivity contribution is 0.127. The lowest BCUT2D eigenvalue weighted by atomic mass is 10.2. The SMILES string of the molecule is CN(CO)Cc1ccc(Cl)cc1. The van der Waals surface area contributed by atoms with E-state index in [1.54, 1.807) is 0 Å². The van der Waals surface area contributed by atoms with Gasteiger partial charge in [-0.15, -0.1) is 0 Å². The number of rotatable bonds is 3. The summed E-state index contributed by atoms with van der Waals surface area (Å²) in [7, 11) is 1.86. The van der Waals surface area contributed by atoms with Crippen LogP contribution in [0.5, 0.6) is 0 Å². The Morgan fingerprint density at radius 1 is 1.33 bits per heavy atom. The number of aliphatic hydroxyl groups is 1. The standard InChI is InChI=1S/C9H12ClNO/c1-11(7-12)6-8-2-4-9(10)5-3-8/h2-5,12H,6-7H2,1H3. The second-order valence-corrected chi connectivity index (χ2v) is 3.22. The molecule has 3 heteroatoms. The maximum atomic E-state index is 8.75. The quantitative estimate of drug-likeness (QED) is 0.725. The molecule has 1 rings (SSSR count). The van der Waals surface area contributed by atoms with Gasteiger partial charge in [0.1, 0.15) is 0 Å². The van der Waals surface area contributed by atoms with Gasteiger partial charge in [0.2, 0.25) is 0 Å². The average Bonchev–Trinajstić information content (AvgIpc) is 2.09. The Bertz CT molecular complexity index is 235. The predicted molar refractivity (Wildman–Crippen MR) is 50.0 cm³/mol. The number of hydrogen-bond donors (Lipinski definition) is 1. The first-order valence-electron chi connectivity index (χ1n) is 3.76. The molecule has 0 aliphatic heterocycles. The Morgan fingerprint density at radius 3 is 2.42 bits per heavy atom. The minimum absolute atomic E-state index is 0.0721.